The number of hydrogen-bond donors (Lipinski definition) is 1. The summed E-state index contributed by atoms with van der Waals surface area (Å²) < 4.78 is 0. The van der Waals surface area contributed by atoms with Gasteiger partial charge in [0.2, 0.25) is 5.91 Å². The number of likely N-dealkylation sites (tertiary alicyclic amines) is 1. The molecule has 2 heterocycles. The van der Waals surface area contributed by atoms with Gasteiger partial charge in [0.15, 0.2) is 0 Å². The topological polar surface area (TPSA) is 57.6 Å². The van der Waals surface area contributed by atoms with Crippen LogP contribution < -0.4 is 0 Å². The third kappa shape index (κ3) is 2.66. The zero-order valence-electron chi connectivity index (χ0n) is 11.4. The van der Waals surface area contributed by atoms with Crippen LogP contribution in [0.15, 0.2) is 11.4 Å². The summed E-state index contributed by atoms with van der Waals surface area (Å²) in [6.45, 7) is 6.67. The molecule has 1 saturated heterocycles. The molecule has 104 valence electrons. The number of carbonyl (C=O) groups is 2. The summed E-state index contributed by atoms with van der Waals surface area (Å²) in [6.07, 6.45) is 0.115. The smallest absolute Gasteiger partial charge is 0.309 e. The van der Waals surface area contributed by atoms with Crippen LogP contribution in [-0.4, -0.2) is 28.4 Å². The summed E-state index contributed by atoms with van der Waals surface area (Å²) in [5.74, 6) is -1.21. The van der Waals surface area contributed by atoms with E-state index < -0.39 is 11.9 Å². The van der Waals surface area contributed by atoms with E-state index in [0.717, 1.165) is 10.4 Å². The second kappa shape index (κ2) is 5.33. The SMILES string of the molecule is Cc1ccsc1C1C(C(=O)O)CC(=O)N1CC(C)C. The van der Waals surface area contributed by atoms with Gasteiger partial charge in [-0.2, -0.15) is 0 Å². The Bertz CT molecular complexity index is 495. The normalized spacial score (nSPS) is 23.4. The Kier molecular flexibility index (Phi) is 3.94. The van der Waals surface area contributed by atoms with Crippen molar-refractivity contribution in [3.8, 4) is 0 Å². The Morgan fingerprint density at radius 2 is 2.26 bits per heavy atom. The Hall–Kier alpha value is -1.36. The molecule has 1 aromatic heterocycles. The summed E-state index contributed by atoms with van der Waals surface area (Å²) in [4.78, 5) is 26.3. The number of aliphatic carboxylic acids is 1. The first-order valence-electron chi connectivity index (χ1n) is 6.48. The van der Waals surface area contributed by atoms with Gasteiger partial charge in [-0.05, 0) is 29.9 Å². The fraction of sp³-hybridized carbons (Fsp3) is 0.571. The first kappa shape index (κ1) is 14.1. The molecule has 1 aliphatic heterocycles. The van der Waals surface area contributed by atoms with E-state index in [4.69, 9.17) is 0 Å². The number of nitrogens with zero attached hydrogens (tertiary/aromatic N) is 1. The Morgan fingerprint density at radius 1 is 1.58 bits per heavy atom. The van der Waals surface area contributed by atoms with Crippen molar-refractivity contribution < 1.29 is 14.7 Å². The lowest BCUT2D eigenvalue weighted by Gasteiger charge is -2.28. The Morgan fingerprint density at radius 3 is 2.74 bits per heavy atom. The highest BCUT2D eigenvalue weighted by Crippen LogP contribution is 2.42. The maximum atomic E-state index is 12.1. The van der Waals surface area contributed by atoms with Crippen molar-refractivity contribution in [2.75, 3.05) is 6.54 Å². The van der Waals surface area contributed by atoms with Gasteiger partial charge >= 0.3 is 5.97 Å². The summed E-state index contributed by atoms with van der Waals surface area (Å²) in [5, 5.41) is 11.3. The molecule has 0 aliphatic carbocycles. The molecule has 1 amide bonds. The number of thiophene rings is 1. The summed E-state index contributed by atoms with van der Waals surface area (Å²) in [5.41, 5.74) is 1.07. The lowest BCUT2D eigenvalue weighted by Crippen LogP contribution is -2.33. The van der Waals surface area contributed by atoms with Crippen LogP contribution in [0.3, 0.4) is 0 Å². The van der Waals surface area contributed by atoms with Gasteiger partial charge in [-0.25, -0.2) is 0 Å². The van der Waals surface area contributed by atoms with Crippen molar-refractivity contribution in [3.63, 3.8) is 0 Å². The second-order valence-electron chi connectivity index (χ2n) is 5.50. The fourth-order valence-electron chi connectivity index (χ4n) is 2.63. The third-order valence-electron chi connectivity index (χ3n) is 3.48. The first-order valence-corrected chi connectivity index (χ1v) is 7.36. The van der Waals surface area contributed by atoms with Crippen LogP contribution in [-0.2, 0) is 9.59 Å². The number of rotatable bonds is 4. The minimum Gasteiger partial charge on any atom is -0.481 e. The molecule has 0 spiro atoms. The molecule has 2 unspecified atom stereocenters. The predicted octanol–water partition coefficient (Wildman–Crippen LogP) is 2.69. The number of carboxylic acid groups (broad SMARTS) is 1. The van der Waals surface area contributed by atoms with Gasteiger partial charge < -0.3 is 10.0 Å². The number of aryl methyl sites for hydroxylation is 1. The van der Waals surface area contributed by atoms with E-state index >= 15 is 0 Å². The highest BCUT2D eigenvalue weighted by atomic mass is 32.1. The van der Waals surface area contributed by atoms with Gasteiger partial charge in [0, 0.05) is 17.8 Å². The van der Waals surface area contributed by atoms with Crippen LogP contribution in [0.25, 0.3) is 0 Å². The van der Waals surface area contributed by atoms with Crippen LogP contribution in [0.2, 0.25) is 0 Å². The van der Waals surface area contributed by atoms with Gasteiger partial charge in [0.1, 0.15) is 0 Å². The van der Waals surface area contributed by atoms with Gasteiger partial charge in [0.25, 0.3) is 0 Å². The lowest BCUT2D eigenvalue weighted by molar-refractivity contribution is -0.142. The quantitative estimate of drug-likeness (QED) is 0.923. The van der Waals surface area contributed by atoms with E-state index in [0.29, 0.717) is 12.5 Å². The largest absolute Gasteiger partial charge is 0.481 e. The van der Waals surface area contributed by atoms with E-state index in [-0.39, 0.29) is 18.4 Å². The Labute approximate surface area is 117 Å². The molecule has 0 aromatic carbocycles. The van der Waals surface area contributed by atoms with E-state index in [1.807, 2.05) is 32.2 Å². The summed E-state index contributed by atoms with van der Waals surface area (Å²) in [7, 11) is 0. The molecule has 1 aliphatic rings. The monoisotopic (exact) mass is 281 g/mol. The maximum Gasteiger partial charge on any atom is 0.309 e. The standard InChI is InChI=1S/C14H19NO3S/c1-8(2)7-15-11(16)6-10(14(17)18)12(15)13-9(3)4-5-19-13/h4-5,8,10,12H,6-7H2,1-3H3,(H,17,18). The molecule has 0 bridgehead atoms. The van der Waals surface area contributed by atoms with E-state index in [2.05, 4.69) is 0 Å². The second-order valence-corrected chi connectivity index (χ2v) is 6.45. The number of amides is 1. The molecule has 19 heavy (non-hydrogen) atoms. The highest BCUT2D eigenvalue weighted by Gasteiger charge is 2.45. The molecule has 1 N–H and O–H groups in total. The van der Waals surface area contributed by atoms with Gasteiger partial charge in [-0.15, -0.1) is 11.3 Å². The predicted molar refractivity (Wildman–Crippen MR) is 74.1 cm³/mol. The average Bonchev–Trinajstić information content (AvgIpc) is 2.84. The number of hydrogen-bond acceptors (Lipinski definition) is 3. The van der Waals surface area contributed by atoms with Crippen LogP contribution in [0.1, 0.15) is 36.8 Å². The molecule has 2 rings (SSSR count). The molecular formula is C14H19NO3S. The number of carbonyl (C=O) groups excluding carboxylic acids is 1. The van der Waals surface area contributed by atoms with Crippen LogP contribution >= 0.6 is 11.3 Å². The summed E-state index contributed by atoms with van der Waals surface area (Å²) >= 11 is 1.54. The maximum absolute atomic E-state index is 12.1. The molecular weight excluding hydrogens is 262 g/mol. The Balaban J connectivity index is 2.39. The van der Waals surface area contributed by atoms with Crippen LogP contribution in [0.5, 0.6) is 0 Å². The van der Waals surface area contributed by atoms with Crippen molar-refractivity contribution in [2.45, 2.75) is 33.2 Å². The van der Waals surface area contributed by atoms with Crippen molar-refractivity contribution >= 4 is 23.2 Å². The minimum atomic E-state index is -0.877. The highest BCUT2D eigenvalue weighted by molar-refractivity contribution is 7.10. The number of carboxylic acids is 1. The summed E-state index contributed by atoms with van der Waals surface area (Å²) in [6, 6.07) is 1.68. The first-order chi connectivity index (χ1) is 8.91. The molecule has 1 fully saturated rings. The van der Waals surface area contributed by atoms with E-state index in [9.17, 15) is 14.7 Å². The average molecular weight is 281 g/mol. The molecule has 0 saturated carbocycles. The molecule has 0 radical (unpaired) electrons. The van der Waals surface area contributed by atoms with Gasteiger partial charge in [-0.1, -0.05) is 13.8 Å². The van der Waals surface area contributed by atoms with Crippen LogP contribution in [0, 0.1) is 18.8 Å². The van der Waals surface area contributed by atoms with E-state index in [1.54, 1.807) is 16.2 Å². The van der Waals surface area contributed by atoms with E-state index in [1.165, 1.54) is 0 Å². The van der Waals surface area contributed by atoms with Gasteiger partial charge in [0.05, 0.1) is 12.0 Å². The van der Waals surface area contributed by atoms with Crippen molar-refractivity contribution in [1.82, 2.24) is 4.90 Å². The zero-order chi connectivity index (χ0) is 14.2. The van der Waals surface area contributed by atoms with Crippen molar-refractivity contribution in [3.05, 3.63) is 21.9 Å². The molecule has 1 aromatic rings. The molecule has 4 nitrogen and oxygen atoms in total. The van der Waals surface area contributed by atoms with Crippen molar-refractivity contribution in [2.24, 2.45) is 11.8 Å². The molecule has 5 heteroatoms. The lowest BCUT2D eigenvalue weighted by atomic mass is 9.97. The zero-order valence-corrected chi connectivity index (χ0v) is 12.2. The van der Waals surface area contributed by atoms with Gasteiger partial charge in [-0.3, -0.25) is 9.59 Å². The van der Waals surface area contributed by atoms with Crippen molar-refractivity contribution in [1.29, 1.82) is 0 Å². The minimum absolute atomic E-state index is 0.0427. The fourth-order valence-corrected chi connectivity index (χ4v) is 3.74. The third-order valence-corrected chi connectivity index (χ3v) is 4.57. The van der Waals surface area contributed by atoms with Crippen LogP contribution in [0.4, 0.5) is 0 Å². The molecule has 2 atom stereocenters.